The minimum Gasteiger partial charge on any atom is -0.456 e. The zero-order valence-corrected chi connectivity index (χ0v) is 36.7. The zero-order chi connectivity index (χ0) is 44.3. The van der Waals surface area contributed by atoms with Crippen LogP contribution in [-0.2, 0) is 5.41 Å². The topological polar surface area (TPSA) is 12.5 Å². The lowest BCUT2D eigenvalue weighted by atomic mass is 9.67. The van der Waals surface area contributed by atoms with Crippen LogP contribution in [0.4, 0.5) is 17.1 Å². The molecule has 314 valence electrons. The summed E-state index contributed by atoms with van der Waals surface area (Å²) in [5.41, 5.74) is 19.2. The van der Waals surface area contributed by atoms with Gasteiger partial charge in [-0.05, 0) is 138 Å². The van der Waals surface area contributed by atoms with Gasteiger partial charge in [0.2, 0.25) is 0 Å². The number of nitrogens with zero attached hydrogens (tertiary/aromatic N) is 1. The predicted octanol–water partition coefficient (Wildman–Crippen LogP) is 17.4. The molecule has 1 heterocycles. The van der Waals surface area contributed by atoms with Crippen molar-refractivity contribution in [2.24, 2.45) is 0 Å². The standard InChI is InChI=1S/C65H43NO/c1-5-17-44(18-6-1)46-29-32-52(33-30-46)66(54-34-37-57-56-27-15-16-28-61(56)65(62(57)43-54,50-23-9-3-10-24-50)51-25-11-4-12-26-51)53-35-38-63-60(42-53)58-39-49(45-19-7-2-8-20-45)31-36-55(58)59-40-47-21-13-14-22-48(47)41-64(59)67-63/h1-43H. The van der Waals surface area contributed by atoms with Gasteiger partial charge in [0.05, 0.1) is 5.41 Å². The lowest BCUT2D eigenvalue weighted by Gasteiger charge is -2.35. The minimum absolute atomic E-state index is 0.545. The molecule has 0 atom stereocenters. The molecule has 0 aromatic heterocycles. The van der Waals surface area contributed by atoms with E-state index < -0.39 is 5.41 Å². The van der Waals surface area contributed by atoms with Gasteiger partial charge < -0.3 is 9.64 Å². The summed E-state index contributed by atoms with van der Waals surface area (Å²) in [7, 11) is 0. The van der Waals surface area contributed by atoms with E-state index in [2.05, 4.69) is 266 Å². The zero-order valence-electron chi connectivity index (χ0n) is 36.7. The van der Waals surface area contributed by atoms with Crippen molar-refractivity contribution in [2.45, 2.75) is 5.41 Å². The Kier molecular flexibility index (Phi) is 9.11. The van der Waals surface area contributed by atoms with Crippen molar-refractivity contribution in [2.75, 3.05) is 4.90 Å². The van der Waals surface area contributed by atoms with Gasteiger partial charge in [0.25, 0.3) is 0 Å². The highest BCUT2D eigenvalue weighted by molar-refractivity contribution is 5.99. The highest BCUT2D eigenvalue weighted by Gasteiger charge is 2.46. The van der Waals surface area contributed by atoms with E-state index in [1.165, 1.54) is 55.5 Å². The first-order valence-electron chi connectivity index (χ1n) is 23.1. The van der Waals surface area contributed by atoms with Gasteiger partial charge in [-0.2, -0.15) is 0 Å². The summed E-state index contributed by atoms with van der Waals surface area (Å²) in [5, 5.41) is 2.33. The second kappa shape index (κ2) is 15.8. The largest absolute Gasteiger partial charge is 0.456 e. The number of anilines is 3. The van der Waals surface area contributed by atoms with Crippen LogP contribution in [-0.4, -0.2) is 0 Å². The maximum absolute atomic E-state index is 7.05. The molecule has 0 bridgehead atoms. The lowest BCUT2D eigenvalue weighted by Crippen LogP contribution is -2.28. The number of hydrogen-bond donors (Lipinski definition) is 0. The summed E-state index contributed by atoms with van der Waals surface area (Å²) in [5.74, 6) is 1.67. The average molecular weight is 854 g/mol. The Morgan fingerprint density at radius 1 is 0.269 bits per heavy atom. The molecule has 67 heavy (non-hydrogen) atoms. The molecule has 2 aliphatic rings. The van der Waals surface area contributed by atoms with Gasteiger partial charge in [-0.25, -0.2) is 0 Å². The quantitative estimate of drug-likeness (QED) is 0.158. The summed E-state index contributed by atoms with van der Waals surface area (Å²) in [4.78, 5) is 2.42. The molecule has 1 aliphatic carbocycles. The van der Waals surface area contributed by atoms with Crippen molar-refractivity contribution < 1.29 is 4.74 Å². The third kappa shape index (κ3) is 6.33. The SMILES string of the molecule is c1ccc(-c2ccc(N(c3ccc4c(c3)-c3cc(-c5ccccc5)ccc3-c3cc5ccccc5cc3O4)c3ccc4c(c3)C(c3ccccc3)(c3ccccc3)c3ccccc3-4)cc2)cc1. The molecular weight excluding hydrogens is 811 g/mol. The van der Waals surface area contributed by atoms with Crippen molar-refractivity contribution in [3.63, 3.8) is 0 Å². The van der Waals surface area contributed by atoms with Crippen molar-refractivity contribution in [1.82, 2.24) is 0 Å². The van der Waals surface area contributed by atoms with Crippen LogP contribution in [0.5, 0.6) is 11.5 Å². The molecule has 0 amide bonds. The molecular formula is C65H43NO. The van der Waals surface area contributed by atoms with Crippen molar-refractivity contribution in [3.05, 3.63) is 283 Å². The van der Waals surface area contributed by atoms with Crippen LogP contribution in [0.15, 0.2) is 261 Å². The van der Waals surface area contributed by atoms with Crippen molar-refractivity contribution >= 4 is 27.8 Å². The highest BCUT2D eigenvalue weighted by atomic mass is 16.5. The van der Waals surface area contributed by atoms with Crippen LogP contribution in [0, 0.1) is 0 Å². The molecule has 11 aromatic carbocycles. The van der Waals surface area contributed by atoms with Crippen LogP contribution < -0.4 is 9.64 Å². The van der Waals surface area contributed by atoms with E-state index in [-0.39, 0.29) is 0 Å². The van der Waals surface area contributed by atoms with Crippen LogP contribution in [0.3, 0.4) is 0 Å². The Morgan fingerprint density at radius 3 is 1.46 bits per heavy atom. The van der Waals surface area contributed by atoms with Gasteiger partial charge in [-0.3, -0.25) is 0 Å². The first-order valence-corrected chi connectivity index (χ1v) is 23.1. The molecule has 0 spiro atoms. The molecule has 2 nitrogen and oxygen atoms in total. The third-order valence-electron chi connectivity index (χ3n) is 13.9. The summed E-state index contributed by atoms with van der Waals surface area (Å²) in [6, 6.07) is 95.1. The molecule has 13 rings (SSSR count). The normalized spacial score (nSPS) is 12.7. The summed E-state index contributed by atoms with van der Waals surface area (Å²) < 4.78 is 7.05. The minimum atomic E-state index is -0.545. The average Bonchev–Trinajstić information content (AvgIpc) is 3.63. The summed E-state index contributed by atoms with van der Waals surface area (Å²) in [6.07, 6.45) is 0. The van der Waals surface area contributed by atoms with Gasteiger partial charge in [0.1, 0.15) is 11.5 Å². The van der Waals surface area contributed by atoms with E-state index in [1.54, 1.807) is 0 Å². The number of hydrogen-bond acceptors (Lipinski definition) is 2. The van der Waals surface area contributed by atoms with Gasteiger partial charge >= 0.3 is 0 Å². The van der Waals surface area contributed by atoms with Crippen molar-refractivity contribution in [1.29, 1.82) is 0 Å². The predicted molar refractivity (Wildman–Crippen MR) is 278 cm³/mol. The molecule has 0 saturated carbocycles. The molecule has 0 N–H and O–H groups in total. The van der Waals surface area contributed by atoms with E-state index in [1.807, 2.05) is 0 Å². The molecule has 0 radical (unpaired) electrons. The fourth-order valence-corrected chi connectivity index (χ4v) is 10.9. The Labute approximate surface area is 391 Å². The summed E-state index contributed by atoms with van der Waals surface area (Å²) in [6.45, 7) is 0. The fourth-order valence-electron chi connectivity index (χ4n) is 10.9. The van der Waals surface area contributed by atoms with E-state index in [0.717, 1.165) is 61.8 Å². The maximum atomic E-state index is 7.05. The lowest BCUT2D eigenvalue weighted by molar-refractivity contribution is 0.488. The molecule has 0 saturated heterocycles. The fraction of sp³-hybridized carbons (Fsp3) is 0.0154. The molecule has 2 heteroatoms. The first-order chi connectivity index (χ1) is 33.2. The van der Waals surface area contributed by atoms with Crippen LogP contribution in [0.2, 0.25) is 0 Å². The molecule has 0 unspecified atom stereocenters. The third-order valence-corrected chi connectivity index (χ3v) is 13.9. The first kappa shape index (κ1) is 38.7. The highest BCUT2D eigenvalue weighted by Crippen LogP contribution is 2.58. The Morgan fingerprint density at radius 2 is 0.761 bits per heavy atom. The Bertz CT molecular complexity index is 3600. The van der Waals surface area contributed by atoms with Gasteiger partial charge in [-0.1, -0.05) is 200 Å². The molecule has 11 aromatic rings. The smallest absolute Gasteiger partial charge is 0.135 e. The second-order valence-corrected chi connectivity index (χ2v) is 17.6. The van der Waals surface area contributed by atoms with Gasteiger partial charge in [0.15, 0.2) is 0 Å². The Hall–Kier alpha value is -8.72. The number of rotatable bonds is 7. The van der Waals surface area contributed by atoms with Gasteiger partial charge in [0, 0.05) is 28.2 Å². The number of ether oxygens (including phenoxy) is 1. The van der Waals surface area contributed by atoms with E-state index in [9.17, 15) is 0 Å². The molecule has 1 aliphatic heterocycles. The Balaban J connectivity index is 1.05. The van der Waals surface area contributed by atoms with Crippen molar-refractivity contribution in [3.8, 4) is 67.1 Å². The van der Waals surface area contributed by atoms with E-state index in [4.69, 9.17) is 4.74 Å². The number of fused-ring (bicyclic) bond motifs is 9. The van der Waals surface area contributed by atoms with Gasteiger partial charge in [-0.15, -0.1) is 0 Å². The maximum Gasteiger partial charge on any atom is 0.135 e. The van der Waals surface area contributed by atoms with E-state index in [0.29, 0.717) is 0 Å². The monoisotopic (exact) mass is 853 g/mol. The summed E-state index contributed by atoms with van der Waals surface area (Å²) >= 11 is 0. The van der Waals surface area contributed by atoms with E-state index >= 15 is 0 Å². The number of benzene rings is 11. The second-order valence-electron chi connectivity index (χ2n) is 17.6. The van der Waals surface area contributed by atoms with Crippen LogP contribution in [0.25, 0.3) is 66.4 Å². The van der Waals surface area contributed by atoms with Crippen LogP contribution >= 0.6 is 0 Å². The molecule has 0 fully saturated rings. The van der Waals surface area contributed by atoms with Crippen LogP contribution in [0.1, 0.15) is 22.3 Å².